The molecule has 1 aliphatic rings. The Balaban J connectivity index is 2.12. The first-order valence-electron chi connectivity index (χ1n) is 7.70. The molecule has 0 saturated heterocycles. The summed E-state index contributed by atoms with van der Waals surface area (Å²) in [6.45, 7) is 2.80. The largest absolute Gasteiger partial charge is 0.392 e. The van der Waals surface area contributed by atoms with Crippen LogP contribution < -0.4 is 5.32 Å². The zero-order chi connectivity index (χ0) is 15.3. The lowest BCUT2D eigenvalue weighted by Gasteiger charge is -2.38. The fourth-order valence-electron chi connectivity index (χ4n) is 3.29. The minimum atomic E-state index is -4.08. The average molecular weight is 320 g/mol. The maximum absolute atomic E-state index is 13.3. The minimum absolute atomic E-state index is 0.122. The molecule has 0 bridgehead atoms. The van der Waals surface area contributed by atoms with Gasteiger partial charge < -0.3 is 5.32 Å². The molecular formula is C15H23F3N2S. The Morgan fingerprint density at radius 3 is 2.76 bits per heavy atom. The maximum Gasteiger partial charge on any atom is 0.392 e. The minimum Gasteiger partial charge on any atom is -0.313 e. The normalized spacial score (nSPS) is 25.0. The van der Waals surface area contributed by atoms with Crippen LogP contribution in [-0.2, 0) is 6.42 Å². The maximum atomic E-state index is 13.3. The van der Waals surface area contributed by atoms with Crippen LogP contribution in [-0.4, -0.2) is 23.7 Å². The molecule has 0 spiro atoms. The van der Waals surface area contributed by atoms with Crippen LogP contribution in [0.3, 0.4) is 0 Å². The van der Waals surface area contributed by atoms with Gasteiger partial charge in [0.05, 0.1) is 10.9 Å². The number of aromatic nitrogens is 1. The molecule has 6 heteroatoms. The quantitative estimate of drug-likeness (QED) is 0.839. The standard InChI is InChI=1S/C15H23F3N2S/c1-2-7-19-13(10-14-20-8-9-21-14)11-5-3-4-6-12(11)15(16,17)18/h8-9,11-13,19H,2-7,10H2,1H3. The summed E-state index contributed by atoms with van der Waals surface area (Å²) in [5, 5.41) is 6.16. The number of halogens is 3. The van der Waals surface area contributed by atoms with Crippen molar-refractivity contribution < 1.29 is 13.2 Å². The molecule has 1 saturated carbocycles. The first kappa shape index (κ1) is 16.7. The third-order valence-electron chi connectivity index (χ3n) is 4.29. The van der Waals surface area contributed by atoms with Crippen LogP contribution in [0.2, 0.25) is 0 Å². The Kier molecular flexibility index (Phi) is 6.05. The van der Waals surface area contributed by atoms with Crippen LogP contribution in [0.5, 0.6) is 0 Å². The van der Waals surface area contributed by atoms with Crippen molar-refractivity contribution in [1.29, 1.82) is 0 Å². The van der Waals surface area contributed by atoms with Crippen molar-refractivity contribution in [2.75, 3.05) is 6.54 Å². The van der Waals surface area contributed by atoms with Crippen molar-refractivity contribution in [2.45, 2.75) is 57.7 Å². The topological polar surface area (TPSA) is 24.9 Å². The van der Waals surface area contributed by atoms with Crippen LogP contribution >= 0.6 is 11.3 Å². The summed E-state index contributed by atoms with van der Waals surface area (Å²) in [5.74, 6) is -1.49. The zero-order valence-corrected chi connectivity index (χ0v) is 13.1. The Morgan fingerprint density at radius 2 is 2.14 bits per heavy atom. The lowest BCUT2D eigenvalue weighted by Crippen LogP contribution is -2.47. The molecular weight excluding hydrogens is 297 g/mol. The van der Waals surface area contributed by atoms with Gasteiger partial charge >= 0.3 is 6.18 Å². The predicted octanol–water partition coefficient (Wildman–Crippen LogP) is 4.42. The first-order chi connectivity index (χ1) is 10.0. The van der Waals surface area contributed by atoms with E-state index in [4.69, 9.17) is 0 Å². The number of hydrogen-bond donors (Lipinski definition) is 1. The van der Waals surface area contributed by atoms with Crippen LogP contribution in [0.15, 0.2) is 11.6 Å². The summed E-state index contributed by atoms with van der Waals surface area (Å²) in [4.78, 5) is 4.24. The fourth-order valence-corrected chi connectivity index (χ4v) is 3.97. The summed E-state index contributed by atoms with van der Waals surface area (Å²) in [6.07, 6.45) is 1.71. The summed E-state index contributed by atoms with van der Waals surface area (Å²) < 4.78 is 39.9. The van der Waals surface area contributed by atoms with Crippen molar-refractivity contribution >= 4 is 11.3 Å². The Bertz CT molecular complexity index is 406. The Labute approximate surface area is 128 Å². The third kappa shape index (κ3) is 4.68. The number of alkyl halides is 3. The molecule has 3 atom stereocenters. The van der Waals surface area contributed by atoms with E-state index in [0.717, 1.165) is 24.4 Å². The third-order valence-corrected chi connectivity index (χ3v) is 5.09. The van der Waals surface area contributed by atoms with Gasteiger partial charge in [-0.15, -0.1) is 11.3 Å². The van der Waals surface area contributed by atoms with Crippen LogP contribution in [0.25, 0.3) is 0 Å². The summed E-state index contributed by atoms with van der Waals surface area (Å²) in [6, 6.07) is -0.122. The molecule has 0 amide bonds. The van der Waals surface area contributed by atoms with Crippen LogP contribution in [0.4, 0.5) is 13.2 Å². The van der Waals surface area contributed by atoms with E-state index < -0.39 is 12.1 Å². The van der Waals surface area contributed by atoms with E-state index in [0.29, 0.717) is 19.3 Å². The van der Waals surface area contributed by atoms with E-state index in [1.807, 2.05) is 12.3 Å². The molecule has 0 radical (unpaired) electrons. The van der Waals surface area contributed by atoms with E-state index in [-0.39, 0.29) is 18.4 Å². The summed E-state index contributed by atoms with van der Waals surface area (Å²) in [5.41, 5.74) is 0. The molecule has 120 valence electrons. The molecule has 2 rings (SSSR count). The summed E-state index contributed by atoms with van der Waals surface area (Å²) in [7, 11) is 0. The van der Waals surface area contributed by atoms with Crippen molar-refractivity contribution in [3.05, 3.63) is 16.6 Å². The van der Waals surface area contributed by atoms with Crippen molar-refractivity contribution in [1.82, 2.24) is 10.3 Å². The van der Waals surface area contributed by atoms with Gasteiger partial charge in [-0.3, -0.25) is 0 Å². The highest BCUT2D eigenvalue weighted by molar-refractivity contribution is 7.09. The van der Waals surface area contributed by atoms with E-state index in [9.17, 15) is 13.2 Å². The van der Waals surface area contributed by atoms with Crippen molar-refractivity contribution in [3.8, 4) is 0 Å². The highest BCUT2D eigenvalue weighted by Gasteiger charge is 2.47. The predicted molar refractivity (Wildman–Crippen MR) is 79.4 cm³/mol. The number of nitrogens with zero attached hydrogens (tertiary/aromatic N) is 1. The highest BCUT2D eigenvalue weighted by Crippen LogP contribution is 2.43. The Hall–Kier alpha value is -0.620. The molecule has 1 fully saturated rings. The van der Waals surface area contributed by atoms with Gasteiger partial charge in [-0.2, -0.15) is 13.2 Å². The van der Waals surface area contributed by atoms with E-state index in [2.05, 4.69) is 10.3 Å². The fraction of sp³-hybridized carbons (Fsp3) is 0.800. The second kappa shape index (κ2) is 7.58. The Morgan fingerprint density at radius 1 is 1.38 bits per heavy atom. The van der Waals surface area contributed by atoms with Crippen LogP contribution in [0.1, 0.15) is 44.0 Å². The average Bonchev–Trinajstić information content (AvgIpc) is 2.95. The first-order valence-corrected chi connectivity index (χ1v) is 8.58. The van der Waals surface area contributed by atoms with Gasteiger partial charge in [0.1, 0.15) is 0 Å². The second-order valence-corrected chi connectivity index (χ2v) is 6.77. The zero-order valence-electron chi connectivity index (χ0n) is 12.3. The van der Waals surface area contributed by atoms with Gasteiger partial charge in [-0.25, -0.2) is 4.98 Å². The monoisotopic (exact) mass is 320 g/mol. The molecule has 0 aliphatic heterocycles. The molecule has 0 aromatic carbocycles. The van der Waals surface area contributed by atoms with Gasteiger partial charge in [0, 0.05) is 24.0 Å². The SMILES string of the molecule is CCCNC(Cc1nccs1)C1CCCCC1C(F)(F)F. The molecule has 1 aromatic rings. The molecule has 21 heavy (non-hydrogen) atoms. The molecule has 1 aromatic heterocycles. The lowest BCUT2D eigenvalue weighted by molar-refractivity contribution is -0.199. The van der Waals surface area contributed by atoms with Crippen LogP contribution in [0, 0.1) is 11.8 Å². The molecule has 1 heterocycles. The van der Waals surface area contributed by atoms with Crippen molar-refractivity contribution in [3.63, 3.8) is 0 Å². The van der Waals surface area contributed by atoms with Gasteiger partial charge in [-0.1, -0.05) is 19.8 Å². The van der Waals surface area contributed by atoms with Gasteiger partial charge in [0.25, 0.3) is 0 Å². The molecule has 2 nitrogen and oxygen atoms in total. The summed E-state index contributed by atoms with van der Waals surface area (Å²) >= 11 is 1.53. The number of rotatable bonds is 6. The number of thiazole rings is 1. The molecule has 1 N–H and O–H groups in total. The smallest absolute Gasteiger partial charge is 0.313 e. The highest BCUT2D eigenvalue weighted by atomic mass is 32.1. The van der Waals surface area contributed by atoms with E-state index >= 15 is 0 Å². The van der Waals surface area contributed by atoms with E-state index in [1.54, 1.807) is 6.20 Å². The number of hydrogen-bond acceptors (Lipinski definition) is 3. The van der Waals surface area contributed by atoms with Gasteiger partial charge in [-0.05, 0) is 31.7 Å². The second-order valence-electron chi connectivity index (χ2n) is 5.79. The van der Waals surface area contributed by atoms with E-state index in [1.165, 1.54) is 11.3 Å². The van der Waals surface area contributed by atoms with Gasteiger partial charge in [0.15, 0.2) is 0 Å². The molecule has 1 aliphatic carbocycles. The number of nitrogens with one attached hydrogen (secondary N) is 1. The molecule has 3 unspecified atom stereocenters. The van der Waals surface area contributed by atoms with Crippen molar-refractivity contribution in [2.24, 2.45) is 11.8 Å². The van der Waals surface area contributed by atoms with Gasteiger partial charge in [0.2, 0.25) is 0 Å². The lowest BCUT2D eigenvalue weighted by atomic mass is 9.74.